The topological polar surface area (TPSA) is 56.5 Å². The van der Waals surface area contributed by atoms with Gasteiger partial charge in [0.1, 0.15) is 11.5 Å². The molecule has 4 heteroatoms. The van der Waals surface area contributed by atoms with E-state index in [4.69, 9.17) is 9.15 Å². The van der Waals surface area contributed by atoms with E-state index >= 15 is 0 Å². The molecule has 4 nitrogen and oxygen atoms in total. The van der Waals surface area contributed by atoms with E-state index in [0.717, 1.165) is 16.5 Å². The highest BCUT2D eigenvalue weighted by molar-refractivity contribution is 6.11. The van der Waals surface area contributed by atoms with Gasteiger partial charge in [-0.05, 0) is 42.7 Å². The van der Waals surface area contributed by atoms with E-state index in [2.05, 4.69) is 0 Å². The number of hydrogen-bond donors (Lipinski definition) is 0. The molecule has 1 aromatic carbocycles. The number of carbonyl (C=O) groups is 2. The maximum atomic E-state index is 12.5. The third kappa shape index (κ3) is 1.75. The third-order valence-corrected chi connectivity index (χ3v) is 3.90. The van der Waals surface area contributed by atoms with Gasteiger partial charge in [0, 0.05) is 11.3 Å². The summed E-state index contributed by atoms with van der Waals surface area (Å²) in [5.41, 5.74) is 2.37. The number of ether oxygens (including phenoxy) is 1. The van der Waals surface area contributed by atoms with E-state index in [-0.39, 0.29) is 18.3 Å². The molecule has 1 heterocycles. The molecule has 0 fully saturated rings. The lowest BCUT2D eigenvalue weighted by Crippen LogP contribution is -2.22. The minimum absolute atomic E-state index is 0.0615. The lowest BCUT2D eigenvalue weighted by molar-refractivity contribution is -0.147. The van der Waals surface area contributed by atoms with E-state index in [0.29, 0.717) is 12.0 Å². The smallest absolute Gasteiger partial charge is 0.321 e. The van der Waals surface area contributed by atoms with Crippen molar-refractivity contribution in [2.45, 2.75) is 32.1 Å². The average molecular weight is 272 g/mol. The van der Waals surface area contributed by atoms with Crippen LogP contribution in [0.25, 0.3) is 11.0 Å². The standard InChI is InChI=1S/C16H16O4/c1-3-10-11-7-9-5-6-20-13(9)8-12(11)14(15(10)17)16(18)19-4-2/h5-8,10,14H,3-4H2,1-2H3. The summed E-state index contributed by atoms with van der Waals surface area (Å²) in [5, 5.41) is 0.958. The molecule has 104 valence electrons. The summed E-state index contributed by atoms with van der Waals surface area (Å²) in [6.07, 6.45) is 2.30. The Kier molecular flexibility index (Phi) is 3.08. The minimum Gasteiger partial charge on any atom is -0.465 e. The summed E-state index contributed by atoms with van der Waals surface area (Å²) in [5.74, 6) is -1.54. The van der Waals surface area contributed by atoms with Gasteiger partial charge >= 0.3 is 5.97 Å². The van der Waals surface area contributed by atoms with Crippen LogP contribution >= 0.6 is 0 Å². The third-order valence-electron chi connectivity index (χ3n) is 3.90. The second-order valence-electron chi connectivity index (χ2n) is 4.99. The molecule has 0 spiro atoms. The molecule has 1 aliphatic rings. The molecule has 2 atom stereocenters. The second-order valence-corrected chi connectivity index (χ2v) is 4.99. The number of carbonyl (C=O) groups excluding carboxylic acids is 2. The maximum Gasteiger partial charge on any atom is 0.321 e. The molecule has 20 heavy (non-hydrogen) atoms. The molecule has 0 amide bonds. The van der Waals surface area contributed by atoms with Crippen LogP contribution in [0.5, 0.6) is 0 Å². The van der Waals surface area contributed by atoms with Gasteiger partial charge in [-0.25, -0.2) is 0 Å². The Morgan fingerprint density at radius 2 is 2.10 bits per heavy atom. The highest BCUT2D eigenvalue weighted by Gasteiger charge is 2.43. The van der Waals surface area contributed by atoms with Crippen LogP contribution in [-0.2, 0) is 14.3 Å². The molecule has 1 aromatic heterocycles. The zero-order valence-corrected chi connectivity index (χ0v) is 11.5. The van der Waals surface area contributed by atoms with Crippen LogP contribution in [0.2, 0.25) is 0 Å². The lowest BCUT2D eigenvalue weighted by Gasteiger charge is -2.09. The maximum absolute atomic E-state index is 12.5. The largest absolute Gasteiger partial charge is 0.465 e. The van der Waals surface area contributed by atoms with Crippen molar-refractivity contribution in [3.8, 4) is 0 Å². The van der Waals surface area contributed by atoms with Crippen LogP contribution in [0.4, 0.5) is 0 Å². The Hall–Kier alpha value is -2.10. The number of ketones is 1. The van der Waals surface area contributed by atoms with Crippen molar-refractivity contribution in [1.82, 2.24) is 0 Å². The van der Waals surface area contributed by atoms with Crippen molar-refractivity contribution >= 4 is 22.7 Å². The predicted octanol–water partition coefficient (Wildman–Crippen LogP) is 3.16. The molecule has 0 saturated carbocycles. The van der Waals surface area contributed by atoms with Gasteiger partial charge in [-0.2, -0.15) is 0 Å². The van der Waals surface area contributed by atoms with Gasteiger partial charge < -0.3 is 9.15 Å². The Balaban J connectivity index is 2.16. The van der Waals surface area contributed by atoms with Crippen molar-refractivity contribution in [3.63, 3.8) is 0 Å². The quantitative estimate of drug-likeness (QED) is 0.636. The first kappa shape index (κ1) is 12.9. The zero-order chi connectivity index (χ0) is 14.3. The van der Waals surface area contributed by atoms with Gasteiger partial charge in [-0.15, -0.1) is 0 Å². The van der Waals surface area contributed by atoms with Crippen LogP contribution in [0.15, 0.2) is 28.9 Å². The molecule has 1 aliphatic carbocycles. The van der Waals surface area contributed by atoms with Crippen LogP contribution < -0.4 is 0 Å². The Morgan fingerprint density at radius 1 is 1.30 bits per heavy atom. The van der Waals surface area contributed by atoms with Gasteiger partial charge in [0.2, 0.25) is 0 Å². The first-order valence-electron chi connectivity index (χ1n) is 6.88. The fourth-order valence-corrected chi connectivity index (χ4v) is 2.99. The number of esters is 1. The molecule has 0 aliphatic heterocycles. The van der Waals surface area contributed by atoms with Gasteiger partial charge in [0.15, 0.2) is 5.78 Å². The highest BCUT2D eigenvalue weighted by Crippen LogP contribution is 2.43. The summed E-state index contributed by atoms with van der Waals surface area (Å²) in [6.45, 7) is 3.97. The molecule has 0 radical (unpaired) electrons. The summed E-state index contributed by atoms with van der Waals surface area (Å²) in [4.78, 5) is 24.6. The van der Waals surface area contributed by atoms with E-state index in [9.17, 15) is 9.59 Å². The monoisotopic (exact) mass is 272 g/mol. The molecular formula is C16H16O4. The SMILES string of the molecule is CCOC(=O)C1C(=O)C(CC)c2cc3ccoc3cc21. The summed E-state index contributed by atoms with van der Waals surface area (Å²) in [6, 6.07) is 5.63. The molecule has 2 unspecified atom stereocenters. The number of Topliss-reactive ketones (excluding diaryl/α,β-unsaturated/α-hetero) is 1. The molecule has 3 rings (SSSR count). The molecule has 0 bridgehead atoms. The van der Waals surface area contributed by atoms with Crippen LogP contribution in [0.3, 0.4) is 0 Å². The summed E-state index contributed by atoms with van der Waals surface area (Å²) in [7, 11) is 0. The normalized spacial score (nSPS) is 21.2. The fourth-order valence-electron chi connectivity index (χ4n) is 2.99. The number of furan rings is 1. The number of fused-ring (bicyclic) bond motifs is 2. The summed E-state index contributed by atoms with van der Waals surface area (Å²) >= 11 is 0. The lowest BCUT2D eigenvalue weighted by atomic mass is 9.97. The molecule has 0 N–H and O–H groups in total. The van der Waals surface area contributed by atoms with E-state index in [1.54, 1.807) is 19.3 Å². The van der Waals surface area contributed by atoms with Crippen molar-refractivity contribution in [3.05, 3.63) is 35.6 Å². The number of rotatable bonds is 3. The van der Waals surface area contributed by atoms with Crippen LogP contribution in [0.1, 0.15) is 43.2 Å². The number of hydrogen-bond acceptors (Lipinski definition) is 4. The molecular weight excluding hydrogens is 256 g/mol. The second kappa shape index (κ2) is 4.78. The van der Waals surface area contributed by atoms with Crippen LogP contribution in [-0.4, -0.2) is 18.4 Å². The van der Waals surface area contributed by atoms with Crippen molar-refractivity contribution in [2.75, 3.05) is 6.61 Å². The van der Waals surface area contributed by atoms with E-state index in [1.165, 1.54) is 0 Å². The number of benzene rings is 1. The average Bonchev–Trinajstić information content (AvgIpc) is 2.97. The van der Waals surface area contributed by atoms with Crippen molar-refractivity contribution in [2.24, 2.45) is 0 Å². The first-order chi connectivity index (χ1) is 9.67. The van der Waals surface area contributed by atoms with Crippen molar-refractivity contribution < 1.29 is 18.7 Å². The van der Waals surface area contributed by atoms with Crippen molar-refractivity contribution in [1.29, 1.82) is 0 Å². The predicted molar refractivity (Wildman–Crippen MR) is 73.6 cm³/mol. The zero-order valence-electron chi connectivity index (χ0n) is 11.5. The highest BCUT2D eigenvalue weighted by atomic mass is 16.5. The summed E-state index contributed by atoms with van der Waals surface area (Å²) < 4.78 is 10.4. The van der Waals surface area contributed by atoms with E-state index in [1.807, 2.05) is 19.1 Å². The Morgan fingerprint density at radius 3 is 2.80 bits per heavy atom. The van der Waals surface area contributed by atoms with Crippen LogP contribution in [0, 0.1) is 0 Å². The van der Waals surface area contributed by atoms with E-state index < -0.39 is 11.9 Å². The fraction of sp³-hybridized carbons (Fsp3) is 0.375. The molecule has 0 saturated heterocycles. The van der Waals surface area contributed by atoms with Gasteiger partial charge in [0.05, 0.1) is 12.9 Å². The first-order valence-corrected chi connectivity index (χ1v) is 6.88. The minimum atomic E-state index is -0.801. The Bertz CT molecular complexity index is 683. The van der Waals surface area contributed by atoms with Gasteiger partial charge in [-0.3, -0.25) is 9.59 Å². The molecule has 2 aromatic rings. The van der Waals surface area contributed by atoms with Gasteiger partial charge in [-0.1, -0.05) is 6.92 Å². The van der Waals surface area contributed by atoms with Gasteiger partial charge in [0.25, 0.3) is 0 Å². The Labute approximate surface area is 116 Å².